The fourth-order valence-electron chi connectivity index (χ4n) is 2.58. The first kappa shape index (κ1) is 22.3. The Morgan fingerprint density at radius 2 is 1.76 bits per heavy atom. The zero-order valence-corrected chi connectivity index (χ0v) is 19.3. The smallest absolute Gasteiger partial charge is 1.00 e. The van der Waals surface area contributed by atoms with Crippen LogP contribution < -0.4 is 24.8 Å². The zero-order chi connectivity index (χ0) is 16.1. The molecule has 0 bridgehead atoms. The topological polar surface area (TPSA) is 12.4 Å². The second-order valence-electron chi connectivity index (χ2n) is 5.82. The summed E-state index contributed by atoms with van der Waals surface area (Å²) < 4.78 is 1.80. The summed E-state index contributed by atoms with van der Waals surface area (Å²) in [5.74, 6) is 0.144. The summed E-state index contributed by atoms with van der Waals surface area (Å²) in [5, 5.41) is 0. The molecular weight excluding hydrogens is 444 g/mol. The molecule has 0 spiro atoms. The minimum absolute atomic E-state index is 0. The Labute approximate surface area is 175 Å². The van der Waals surface area contributed by atoms with Crippen LogP contribution in [0.25, 0.3) is 0 Å². The number of nitrogens with zero attached hydrogens (tertiary/aromatic N) is 1. The van der Waals surface area contributed by atoms with Crippen molar-refractivity contribution in [2.24, 2.45) is 4.99 Å². The number of hydrogen-bond donors (Lipinski definition) is 0. The molecule has 1 heterocycles. The molecule has 25 heavy (non-hydrogen) atoms. The molecule has 2 aliphatic carbocycles. The van der Waals surface area contributed by atoms with Crippen molar-refractivity contribution in [2.45, 2.75) is 19.5 Å². The van der Waals surface area contributed by atoms with Crippen molar-refractivity contribution in [3.05, 3.63) is 93.0 Å². The first-order valence-corrected chi connectivity index (χ1v) is 15.3. The van der Waals surface area contributed by atoms with Gasteiger partial charge in [-0.3, -0.25) is 0 Å². The monoisotopic (exact) mass is 462 g/mol. The van der Waals surface area contributed by atoms with Gasteiger partial charge in [0.05, 0.1) is 11.4 Å². The standard InChI is InChI=1S/C13H9N.C5H5.C2H6Si.2ClH.Zr/c1-2-5-10(6-3-1)13-9-11-7-4-8-12(11)14-13;1-2-4-5-3-1;1-3-2;;;/h1-9H;1-3H,4H2;1-2H3;2*1H;/q;;;;;+2/p-2. The van der Waals surface area contributed by atoms with Crippen LogP contribution >= 0.6 is 0 Å². The fourth-order valence-corrected chi connectivity index (χ4v) is 10.0. The Bertz CT molecular complexity index is 759. The number of allylic oxidation sites excluding steroid dienone is 8. The minimum Gasteiger partial charge on any atom is -1.00 e. The maximum atomic E-state index is 4.54. The molecule has 1 aliphatic heterocycles. The molecule has 0 saturated heterocycles. The van der Waals surface area contributed by atoms with Crippen molar-refractivity contribution >= 4 is 11.6 Å². The van der Waals surface area contributed by atoms with E-state index in [0.717, 1.165) is 11.4 Å². The van der Waals surface area contributed by atoms with Crippen LogP contribution in [-0.2, 0) is 22.4 Å². The molecule has 0 atom stereocenters. The largest absolute Gasteiger partial charge is 1.00 e. The van der Waals surface area contributed by atoms with Crippen LogP contribution in [-0.4, -0.2) is 11.6 Å². The predicted octanol–water partition coefficient (Wildman–Crippen LogP) is -0.959. The van der Waals surface area contributed by atoms with Gasteiger partial charge in [-0.25, -0.2) is 4.99 Å². The quantitative estimate of drug-likeness (QED) is 0.512. The van der Waals surface area contributed by atoms with Crippen molar-refractivity contribution in [1.29, 1.82) is 0 Å². The van der Waals surface area contributed by atoms with Crippen molar-refractivity contribution in [3.63, 3.8) is 0 Å². The number of halogens is 2. The Kier molecular flexibility index (Phi) is 9.89. The molecule has 5 heteroatoms. The first-order chi connectivity index (χ1) is 11.2. The maximum Gasteiger partial charge on any atom is -1.00 e. The van der Waals surface area contributed by atoms with E-state index in [-0.39, 0.29) is 53.1 Å². The van der Waals surface area contributed by atoms with E-state index >= 15 is 0 Å². The van der Waals surface area contributed by atoms with Gasteiger partial charge in [-0.2, -0.15) is 0 Å². The van der Waals surface area contributed by atoms with Crippen LogP contribution in [0.5, 0.6) is 0 Å². The summed E-state index contributed by atoms with van der Waals surface area (Å²) in [4.78, 5) is 4.54. The first-order valence-electron chi connectivity index (χ1n) is 7.90. The van der Waals surface area contributed by atoms with Crippen molar-refractivity contribution in [1.82, 2.24) is 0 Å². The number of aliphatic imine (C=N–C) groups is 1. The third kappa shape index (κ3) is 6.49. The summed E-state index contributed by atoms with van der Waals surface area (Å²) in [6, 6.07) is 10.3. The summed E-state index contributed by atoms with van der Waals surface area (Å²) >= 11 is -0.0345. The molecule has 1 radical (unpaired) electrons. The molecule has 1 nitrogen and oxygen atoms in total. The van der Waals surface area contributed by atoms with Gasteiger partial charge < -0.3 is 24.8 Å². The number of fused-ring (bicyclic) bond motifs is 1. The van der Waals surface area contributed by atoms with Crippen LogP contribution in [0.1, 0.15) is 12.0 Å². The zero-order valence-electron chi connectivity index (χ0n) is 14.3. The van der Waals surface area contributed by atoms with Gasteiger partial charge in [0.25, 0.3) is 0 Å². The van der Waals surface area contributed by atoms with E-state index in [1.54, 1.807) is 3.28 Å². The van der Waals surface area contributed by atoms with Gasteiger partial charge in [0.2, 0.25) is 0 Å². The maximum absolute atomic E-state index is 4.54. The molecule has 0 aromatic heterocycles. The molecule has 3 aliphatic rings. The van der Waals surface area contributed by atoms with E-state index in [0.29, 0.717) is 0 Å². The predicted molar refractivity (Wildman–Crippen MR) is 97.6 cm³/mol. The Balaban J connectivity index is 0.000000252. The third-order valence-corrected chi connectivity index (χ3v) is 11.4. The van der Waals surface area contributed by atoms with Crippen LogP contribution in [0.2, 0.25) is 13.1 Å². The van der Waals surface area contributed by atoms with E-state index in [1.165, 1.54) is 17.6 Å². The third-order valence-electron chi connectivity index (χ3n) is 3.61. The van der Waals surface area contributed by atoms with Crippen molar-refractivity contribution in [2.75, 3.05) is 0 Å². The summed E-state index contributed by atoms with van der Waals surface area (Å²) in [5.41, 5.74) is 4.56. The molecule has 0 unspecified atom stereocenters. The number of hydrogen-bond acceptors (Lipinski definition) is 1. The molecule has 1 aromatic rings. The second-order valence-corrected chi connectivity index (χ2v) is 18.9. The Morgan fingerprint density at radius 1 is 1.00 bits per heavy atom. The van der Waals surface area contributed by atoms with E-state index in [1.807, 2.05) is 30.4 Å². The Hall–Kier alpha value is -0.730. The van der Waals surface area contributed by atoms with Crippen LogP contribution in [0.15, 0.2) is 92.4 Å². The Morgan fingerprint density at radius 3 is 2.36 bits per heavy atom. The summed E-state index contributed by atoms with van der Waals surface area (Å²) in [7, 11) is 0. The van der Waals surface area contributed by atoms with Gasteiger partial charge in [-0.1, -0.05) is 42.5 Å². The van der Waals surface area contributed by atoms with Crippen molar-refractivity contribution < 1.29 is 47.2 Å². The van der Waals surface area contributed by atoms with Crippen molar-refractivity contribution in [3.8, 4) is 0 Å². The molecule has 0 fully saturated rings. The molecular formula is C20H20Cl2NSiZr. The fraction of sp³-hybridized carbons (Fsp3) is 0.150. The molecule has 127 valence electrons. The number of benzene rings is 1. The van der Waals surface area contributed by atoms with Gasteiger partial charge in [-0.05, 0) is 12.2 Å². The van der Waals surface area contributed by atoms with Gasteiger partial charge in [-0.15, -0.1) is 0 Å². The molecule has 0 saturated carbocycles. The molecule has 1 aromatic carbocycles. The van der Waals surface area contributed by atoms with E-state index in [2.05, 4.69) is 60.6 Å². The second kappa shape index (κ2) is 11.1. The van der Waals surface area contributed by atoms with Gasteiger partial charge >= 0.3 is 69.3 Å². The van der Waals surface area contributed by atoms with Gasteiger partial charge in [0.1, 0.15) is 0 Å². The number of rotatable bonds is 3. The van der Waals surface area contributed by atoms with Gasteiger partial charge in [0, 0.05) is 11.1 Å². The normalized spacial score (nSPS) is 15.6. The van der Waals surface area contributed by atoms with Gasteiger partial charge in [0.15, 0.2) is 0 Å². The molecule has 4 rings (SSSR count). The molecule has 0 amide bonds. The summed E-state index contributed by atoms with van der Waals surface area (Å²) in [6.45, 7) is 4.88. The SMILES string of the molecule is C1=CC2=CC(c3ccccc3)=NC2=C1.C[Si](C)[Zr+2][C]1=CC=CC1.[Cl-].[Cl-]. The van der Waals surface area contributed by atoms with E-state index < -0.39 is 0 Å². The minimum atomic E-state index is -0.0345. The summed E-state index contributed by atoms with van der Waals surface area (Å²) in [6.07, 6.45) is 16.4. The average Bonchev–Trinajstić information content (AvgIpc) is 3.24. The van der Waals surface area contributed by atoms with Crippen LogP contribution in [0.4, 0.5) is 0 Å². The van der Waals surface area contributed by atoms with Crippen LogP contribution in [0, 0.1) is 0 Å². The molecule has 0 N–H and O–H groups in total. The van der Waals surface area contributed by atoms with E-state index in [9.17, 15) is 0 Å². The van der Waals surface area contributed by atoms with Crippen LogP contribution in [0.3, 0.4) is 0 Å². The van der Waals surface area contributed by atoms with E-state index in [4.69, 9.17) is 0 Å². The average molecular weight is 465 g/mol.